The van der Waals surface area contributed by atoms with Gasteiger partial charge >= 0.3 is 0 Å². The van der Waals surface area contributed by atoms with E-state index in [1.807, 2.05) is 19.9 Å². The fourth-order valence-electron chi connectivity index (χ4n) is 3.72. The van der Waals surface area contributed by atoms with Gasteiger partial charge in [-0.15, -0.1) is 0 Å². The average Bonchev–Trinajstić information content (AvgIpc) is 2.82. The molecule has 2 aliphatic rings. The highest BCUT2D eigenvalue weighted by Crippen LogP contribution is 2.46. The van der Waals surface area contributed by atoms with E-state index in [1.165, 1.54) is 5.57 Å². The first-order valence-corrected chi connectivity index (χ1v) is 9.05. The SMILES string of the molecule is CC1=CCCC(C)(O)C=CC2(C(C)C)CCC(C)(O2)C(O)CC1. The second kappa shape index (κ2) is 6.70. The lowest BCUT2D eigenvalue weighted by Crippen LogP contribution is -2.44. The van der Waals surface area contributed by atoms with Gasteiger partial charge in [0, 0.05) is 0 Å². The van der Waals surface area contributed by atoms with Crippen LogP contribution in [0.15, 0.2) is 23.8 Å². The molecule has 0 spiro atoms. The van der Waals surface area contributed by atoms with Crippen LogP contribution in [0, 0.1) is 5.92 Å². The molecule has 132 valence electrons. The molecule has 3 heteroatoms. The summed E-state index contributed by atoms with van der Waals surface area (Å²) in [5, 5.41) is 21.3. The molecule has 2 heterocycles. The van der Waals surface area contributed by atoms with Crippen LogP contribution in [-0.2, 0) is 4.74 Å². The van der Waals surface area contributed by atoms with Crippen LogP contribution >= 0.6 is 0 Å². The van der Waals surface area contributed by atoms with Crippen molar-refractivity contribution in [2.45, 2.75) is 96.1 Å². The molecule has 0 aromatic carbocycles. The maximum Gasteiger partial charge on any atom is 0.0925 e. The molecular weight excluding hydrogens is 288 g/mol. The van der Waals surface area contributed by atoms with Gasteiger partial charge in [0.2, 0.25) is 0 Å². The first kappa shape index (κ1) is 18.7. The molecule has 0 aliphatic carbocycles. The average molecular weight is 322 g/mol. The first-order valence-electron chi connectivity index (χ1n) is 9.05. The predicted octanol–water partition coefficient (Wildman–Crippen LogP) is 4.14. The Morgan fingerprint density at radius 1 is 1.17 bits per heavy atom. The van der Waals surface area contributed by atoms with Gasteiger partial charge in [0.1, 0.15) is 0 Å². The van der Waals surface area contributed by atoms with Crippen molar-refractivity contribution in [3.8, 4) is 0 Å². The summed E-state index contributed by atoms with van der Waals surface area (Å²) in [6.07, 6.45) is 10.6. The van der Waals surface area contributed by atoms with E-state index >= 15 is 0 Å². The third-order valence-electron chi connectivity index (χ3n) is 5.80. The monoisotopic (exact) mass is 322 g/mol. The van der Waals surface area contributed by atoms with Crippen molar-refractivity contribution in [3.63, 3.8) is 0 Å². The number of hydrogen-bond acceptors (Lipinski definition) is 3. The van der Waals surface area contributed by atoms with Gasteiger partial charge in [-0.1, -0.05) is 37.6 Å². The predicted molar refractivity (Wildman–Crippen MR) is 94.3 cm³/mol. The van der Waals surface area contributed by atoms with Crippen molar-refractivity contribution in [2.75, 3.05) is 0 Å². The maximum absolute atomic E-state index is 10.7. The number of rotatable bonds is 1. The quantitative estimate of drug-likeness (QED) is 0.713. The highest BCUT2D eigenvalue weighted by molar-refractivity contribution is 5.15. The number of ether oxygens (including phenoxy) is 1. The molecule has 2 bridgehead atoms. The normalized spacial score (nSPS) is 42.8. The molecule has 1 saturated heterocycles. The molecule has 0 aromatic rings. The number of fused-ring (bicyclic) bond motifs is 2. The minimum absolute atomic E-state index is 0.300. The van der Waals surface area contributed by atoms with E-state index in [1.54, 1.807) is 0 Å². The summed E-state index contributed by atoms with van der Waals surface area (Å²) in [5.74, 6) is 0.300. The van der Waals surface area contributed by atoms with Gasteiger partial charge < -0.3 is 14.9 Å². The van der Waals surface area contributed by atoms with Crippen molar-refractivity contribution in [1.29, 1.82) is 0 Å². The molecule has 2 rings (SSSR count). The summed E-state index contributed by atoms with van der Waals surface area (Å²) in [6, 6.07) is 0. The fourth-order valence-corrected chi connectivity index (χ4v) is 3.72. The highest BCUT2D eigenvalue weighted by atomic mass is 16.5. The van der Waals surface area contributed by atoms with Gasteiger partial charge in [-0.3, -0.25) is 0 Å². The number of hydrogen-bond donors (Lipinski definition) is 2. The lowest BCUT2D eigenvalue weighted by Gasteiger charge is -2.37. The van der Waals surface area contributed by atoms with Gasteiger partial charge in [0.25, 0.3) is 0 Å². The van der Waals surface area contributed by atoms with Crippen LogP contribution in [0.2, 0.25) is 0 Å². The molecule has 4 unspecified atom stereocenters. The van der Waals surface area contributed by atoms with Gasteiger partial charge in [0.15, 0.2) is 0 Å². The van der Waals surface area contributed by atoms with Crippen LogP contribution in [-0.4, -0.2) is 33.1 Å². The molecule has 23 heavy (non-hydrogen) atoms. The summed E-state index contributed by atoms with van der Waals surface area (Å²) in [5.41, 5.74) is -0.446. The summed E-state index contributed by atoms with van der Waals surface area (Å²) in [7, 11) is 0. The summed E-state index contributed by atoms with van der Waals surface area (Å²) >= 11 is 0. The standard InChI is InChI=1S/C20H34O3/c1-15(2)20-13-11-18(4,22)10-6-7-16(3)8-9-17(21)19(5,23-20)12-14-20/h7,11,13,15,17,21-22H,6,8-10,12,14H2,1-5H3. The van der Waals surface area contributed by atoms with Gasteiger partial charge in [-0.2, -0.15) is 0 Å². The molecule has 2 aliphatic heterocycles. The third-order valence-corrected chi connectivity index (χ3v) is 5.80. The number of aliphatic hydroxyl groups excluding tert-OH is 1. The minimum Gasteiger partial charge on any atom is -0.390 e. The van der Waals surface area contributed by atoms with E-state index in [4.69, 9.17) is 4.74 Å². The Hall–Kier alpha value is -0.640. The molecule has 0 saturated carbocycles. The van der Waals surface area contributed by atoms with E-state index in [0.717, 1.165) is 32.1 Å². The second-order valence-electron chi connectivity index (χ2n) is 8.36. The van der Waals surface area contributed by atoms with Gasteiger partial charge in [-0.05, 0) is 65.2 Å². The molecule has 3 nitrogen and oxygen atoms in total. The topological polar surface area (TPSA) is 49.7 Å². The van der Waals surface area contributed by atoms with Crippen LogP contribution in [0.25, 0.3) is 0 Å². The van der Waals surface area contributed by atoms with Crippen LogP contribution in [0.4, 0.5) is 0 Å². The fraction of sp³-hybridized carbons (Fsp3) is 0.800. The smallest absolute Gasteiger partial charge is 0.0925 e. The van der Waals surface area contributed by atoms with Crippen molar-refractivity contribution >= 4 is 0 Å². The van der Waals surface area contributed by atoms with E-state index in [-0.39, 0.29) is 0 Å². The third kappa shape index (κ3) is 4.26. The Morgan fingerprint density at radius 3 is 2.52 bits per heavy atom. The first-order chi connectivity index (χ1) is 10.6. The van der Waals surface area contributed by atoms with Crippen LogP contribution < -0.4 is 0 Å². The number of allylic oxidation sites excluding steroid dienone is 2. The van der Waals surface area contributed by atoms with E-state index < -0.39 is 22.9 Å². The van der Waals surface area contributed by atoms with Crippen molar-refractivity contribution in [1.82, 2.24) is 0 Å². The molecule has 1 fully saturated rings. The lowest BCUT2D eigenvalue weighted by molar-refractivity contribution is -0.145. The van der Waals surface area contributed by atoms with Crippen molar-refractivity contribution < 1.29 is 14.9 Å². The van der Waals surface area contributed by atoms with Crippen molar-refractivity contribution in [2.24, 2.45) is 5.92 Å². The van der Waals surface area contributed by atoms with Crippen molar-refractivity contribution in [3.05, 3.63) is 23.8 Å². The maximum atomic E-state index is 10.7. The zero-order valence-electron chi connectivity index (χ0n) is 15.4. The van der Waals surface area contributed by atoms with Crippen LogP contribution in [0.1, 0.15) is 73.1 Å². The molecule has 0 aromatic heterocycles. The molecule has 2 N–H and O–H groups in total. The second-order valence-corrected chi connectivity index (χ2v) is 8.36. The lowest BCUT2D eigenvalue weighted by atomic mass is 9.83. The minimum atomic E-state index is -0.826. The molecule has 0 amide bonds. The largest absolute Gasteiger partial charge is 0.390 e. The van der Waals surface area contributed by atoms with E-state index in [2.05, 4.69) is 32.9 Å². The Labute approximate surface area is 141 Å². The van der Waals surface area contributed by atoms with E-state index in [9.17, 15) is 10.2 Å². The molecular formula is C20H34O3. The molecule has 0 radical (unpaired) electrons. The zero-order chi connectivity index (χ0) is 17.3. The van der Waals surface area contributed by atoms with Gasteiger partial charge in [-0.25, -0.2) is 0 Å². The van der Waals surface area contributed by atoms with Crippen LogP contribution in [0.3, 0.4) is 0 Å². The van der Waals surface area contributed by atoms with Gasteiger partial charge in [0.05, 0.1) is 22.9 Å². The number of aliphatic hydroxyl groups is 2. The van der Waals surface area contributed by atoms with Crippen LogP contribution in [0.5, 0.6) is 0 Å². The Balaban J connectivity index is 2.35. The Bertz CT molecular complexity index is 477. The zero-order valence-corrected chi connectivity index (χ0v) is 15.4. The summed E-state index contributed by atoms with van der Waals surface area (Å²) in [4.78, 5) is 0. The Kier molecular flexibility index (Phi) is 5.44. The summed E-state index contributed by atoms with van der Waals surface area (Å²) in [6.45, 7) is 10.3. The highest BCUT2D eigenvalue weighted by Gasteiger charge is 2.50. The summed E-state index contributed by atoms with van der Waals surface area (Å²) < 4.78 is 6.49. The van der Waals surface area contributed by atoms with E-state index in [0.29, 0.717) is 12.3 Å². The molecule has 4 atom stereocenters. The Morgan fingerprint density at radius 2 is 1.87 bits per heavy atom.